The molecule has 0 bridgehead atoms. The van der Waals surface area contributed by atoms with E-state index in [0.717, 1.165) is 32.7 Å². The highest BCUT2D eigenvalue weighted by Gasteiger charge is 2.30. The second kappa shape index (κ2) is 6.31. The van der Waals surface area contributed by atoms with Crippen molar-refractivity contribution in [1.29, 1.82) is 0 Å². The SMILES string of the molecule is CN1CCN(CCN2CC(C(=O)O)OCC2=O)CC1. The van der Waals surface area contributed by atoms with Gasteiger partial charge in [0, 0.05) is 39.3 Å². The molecule has 1 amide bonds. The minimum absolute atomic E-state index is 0.119. The van der Waals surface area contributed by atoms with Gasteiger partial charge in [0.05, 0.1) is 6.54 Å². The Hall–Kier alpha value is -1.18. The van der Waals surface area contributed by atoms with Crippen LogP contribution in [0.15, 0.2) is 0 Å². The highest BCUT2D eigenvalue weighted by Crippen LogP contribution is 2.07. The molecule has 0 radical (unpaired) electrons. The van der Waals surface area contributed by atoms with Crippen molar-refractivity contribution in [2.24, 2.45) is 0 Å². The Morgan fingerprint density at radius 3 is 2.63 bits per heavy atom. The largest absolute Gasteiger partial charge is 0.479 e. The van der Waals surface area contributed by atoms with E-state index in [1.807, 2.05) is 0 Å². The molecular weight excluding hydrogens is 250 g/mol. The van der Waals surface area contributed by atoms with Crippen LogP contribution in [0.1, 0.15) is 0 Å². The quantitative estimate of drug-likeness (QED) is 0.674. The predicted octanol–water partition coefficient (Wildman–Crippen LogP) is -1.45. The maximum absolute atomic E-state index is 11.7. The Morgan fingerprint density at radius 2 is 2.00 bits per heavy atom. The summed E-state index contributed by atoms with van der Waals surface area (Å²) in [6.07, 6.45) is -0.884. The first-order chi connectivity index (χ1) is 9.06. The van der Waals surface area contributed by atoms with Gasteiger partial charge in [0.25, 0.3) is 0 Å². The molecule has 0 saturated carbocycles. The van der Waals surface area contributed by atoms with Crippen LogP contribution < -0.4 is 0 Å². The highest BCUT2D eigenvalue weighted by molar-refractivity contribution is 5.81. The average molecular weight is 271 g/mol. The van der Waals surface area contributed by atoms with Crippen molar-refractivity contribution in [3.63, 3.8) is 0 Å². The summed E-state index contributed by atoms with van der Waals surface area (Å²) in [4.78, 5) is 28.7. The van der Waals surface area contributed by atoms with Crippen LogP contribution >= 0.6 is 0 Å². The normalized spacial score (nSPS) is 26.7. The Kier molecular flexibility index (Phi) is 4.73. The Labute approximate surface area is 112 Å². The van der Waals surface area contributed by atoms with Gasteiger partial charge in [-0.05, 0) is 7.05 Å². The first-order valence-electron chi connectivity index (χ1n) is 6.59. The fourth-order valence-electron chi connectivity index (χ4n) is 2.32. The Balaban J connectivity index is 1.77. The van der Waals surface area contributed by atoms with Crippen molar-refractivity contribution in [2.45, 2.75) is 6.10 Å². The van der Waals surface area contributed by atoms with Crippen molar-refractivity contribution >= 4 is 11.9 Å². The summed E-state index contributed by atoms with van der Waals surface area (Å²) in [6.45, 7) is 5.47. The molecule has 19 heavy (non-hydrogen) atoms. The van der Waals surface area contributed by atoms with Gasteiger partial charge in [0.2, 0.25) is 5.91 Å². The van der Waals surface area contributed by atoms with E-state index >= 15 is 0 Å². The number of carbonyl (C=O) groups is 2. The minimum atomic E-state index is -1.00. The van der Waals surface area contributed by atoms with E-state index in [0.29, 0.717) is 6.54 Å². The lowest BCUT2D eigenvalue weighted by Crippen LogP contribution is -2.53. The number of aliphatic carboxylic acids is 1. The van der Waals surface area contributed by atoms with Gasteiger partial charge < -0.3 is 19.6 Å². The van der Waals surface area contributed by atoms with E-state index in [1.165, 1.54) is 0 Å². The fourth-order valence-corrected chi connectivity index (χ4v) is 2.32. The lowest BCUT2D eigenvalue weighted by Gasteiger charge is -2.35. The first-order valence-corrected chi connectivity index (χ1v) is 6.59. The number of piperazine rings is 1. The lowest BCUT2D eigenvalue weighted by atomic mass is 10.2. The van der Waals surface area contributed by atoms with Crippen LogP contribution in [0.5, 0.6) is 0 Å². The predicted molar refractivity (Wildman–Crippen MR) is 67.9 cm³/mol. The van der Waals surface area contributed by atoms with Crippen LogP contribution in [-0.2, 0) is 14.3 Å². The van der Waals surface area contributed by atoms with Gasteiger partial charge in [-0.1, -0.05) is 0 Å². The van der Waals surface area contributed by atoms with Crippen molar-refractivity contribution in [3.8, 4) is 0 Å². The van der Waals surface area contributed by atoms with Crippen molar-refractivity contribution in [1.82, 2.24) is 14.7 Å². The second-order valence-electron chi connectivity index (χ2n) is 5.12. The number of nitrogens with zero attached hydrogens (tertiary/aromatic N) is 3. The maximum Gasteiger partial charge on any atom is 0.334 e. The summed E-state index contributed by atoms with van der Waals surface area (Å²) in [6, 6.07) is 0. The number of amides is 1. The van der Waals surface area contributed by atoms with Gasteiger partial charge in [0.1, 0.15) is 6.61 Å². The smallest absolute Gasteiger partial charge is 0.334 e. The zero-order valence-electron chi connectivity index (χ0n) is 11.2. The molecule has 2 heterocycles. The third kappa shape index (κ3) is 3.89. The number of hydrogen-bond acceptors (Lipinski definition) is 5. The molecule has 1 N–H and O–H groups in total. The topological polar surface area (TPSA) is 73.3 Å². The van der Waals surface area contributed by atoms with Gasteiger partial charge in [-0.3, -0.25) is 9.69 Å². The van der Waals surface area contributed by atoms with Crippen LogP contribution in [-0.4, -0.2) is 97.3 Å². The Bertz CT molecular complexity index is 342. The molecule has 7 nitrogen and oxygen atoms in total. The summed E-state index contributed by atoms with van der Waals surface area (Å²) in [7, 11) is 2.10. The van der Waals surface area contributed by atoms with Crippen LogP contribution in [0.4, 0.5) is 0 Å². The molecule has 0 aromatic rings. The molecule has 0 aliphatic carbocycles. The second-order valence-corrected chi connectivity index (χ2v) is 5.12. The molecule has 108 valence electrons. The molecule has 7 heteroatoms. The van der Waals surface area contributed by atoms with E-state index in [-0.39, 0.29) is 19.1 Å². The van der Waals surface area contributed by atoms with Crippen LogP contribution in [0.2, 0.25) is 0 Å². The zero-order valence-corrected chi connectivity index (χ0v) is 11.2. The third-order valence-corrected chi connectivity index (χ3v) is 3.70. The van der Waals surface area contributed by atoms with Gasteiger partial charge >= 0.3 is 5.97 Å². The van der Waals surface area contributed by atoms with Crippen LogP contribution in [0.3, 0.4) is 0 Å². The summed E-state index contributed by atoms with van der Waals surface area (Å²) >= 11 is 0. The number of carbonyl (C=O) groups excluding carboxylic acids is 1. The number of hydrogen-bond donors (Lipinski definition) is 1. The number of rotatable bonds is 4. The molecule has 1 atom stereocenters. The number of likely N-dealkylation sites (N-methyl/N-ethyl adjacent to an activating group) is 1. The van der Waals surface area contributed by atoms with Crippen molar-refractivity contribution < 1.29 is 19.4 Å². The van der Waals surface area contributed by atoms with E-state index in [9.17, 15) is 9.59 Å². The van der Waals surface area contributed by atoms with Gasteiger partial charge in [-0.25, -0.2) is 4.79 Å². The lowest BCUT2D eigenvalue weighted by molar-refractivity contribution is -0.164. The monoisotopic (exact) mass is 271 g/mol. The zero-order chi connectivity index (χ0) is 13.8. The van der Waals surface area contributed by atoms with Crippen LogP contribution in [0, 0.1) is 0 Å². The van der Waals surface area contributed by atoms with E-state index < -0.39 is 12.1 Å². The summed E-state index contributed by atoms with van der Waals surface area (Å²) < 4.78 is 4.98. The van der Waals surface area contributed by atoms with E-state index in [2.05, 4.69) is 16.8 Å². The van der Waals surface area contributed by atoms with E-state index in [1.54, 1.807) is 4.90 Å². The molecule has 0 spiro atoms. The minimum Gasteiger partial charge on any atom is -0.479 e. The highest BCUT2D eigenvalue weighted by atomic mass is 16.5. The van der Waals surface area contributed by atoms with Gasteiger partial charge in [-0.15, -0.1) is 0 Å². The van der Waals surface area contributed by atoms with Gasteiger partial charge in [-0.2, -0.15) is 0 Å². The molecule has 2 aliphatic rings. The number of carboxylic acid groups (broad SMARTS) is 1. The molecule has 2 aliphatic heterocycles. The number of ether oxygens (including phenoxy) is 1. The van der Waals surface area contributed by atoms with E-state index in [4.69, 9.17) is 9.84 Å². The van der Waals surface area contributed by atoms with Crippen LogP contribution in [0.25, 0.3) is 0 Å². The standard InChI is InChI=1S/C12H21N3O4/c1-13-2-4-14(5-3-13)6-7-15-8-10(12(17)18)19-9-11(15)16/h10H,2-9H2,1H3,(H,17,18). The Morgan fingerprint density at radius 1 is 1.32 bits per heavy atom. The molecule has 0 aromatic carbocycles. The summed E-state index contributed by atoms with van der Waals surface area (Å²) in [5.74, 6) is -1.12. The average Bonchev–Trinajstić information content (AvgIpc) is 2.39. The molecule has 1 unspecified atom stereocenters. The van der Waals surface area contributed by atoms with Gasteiger partial charge in [0.15, 0.2) is 6.10 Å². The molecule has 2 rings (SSSR count). The number of morpholine rings is 1. The molecule has 0 aromatic heterocycles. The third-order valence-electron chi connectivity index (χ3n) is 3.70. The van der Waals surface area contributed by atoms with Crippen molar-refractivity contribution in [3.05, 3.63) is 0 Å². The molecule has 2 fully saturated rings. The fraction of sp³-hybridized carbons (Fsp3) is 0.833. The summed E-state index contributed by atoms with van der Waals surface area (Å²) in [5, 5.41) is 8.91. The maximum atomic E-state index is 11.7. The number of carboxylic acids is 1. The molecular formula is C12H21N3O4. The molecule has 2 saturated heterocycles. The first kappa shape index (κ1) is 14.2. The van der Waals surface area contributed by atoms with Crippen molar-refractivity contribution in [2.75, 3.05) is 59.5 Å². The summed E-state index contributed by atoms with van der Waals surface area (Å²) in [5.41, 5.74) is 0.